The molecule has 0 unspecified atom stereocenters. The second-order valence-electron chi connectivity index (χ2n) is 6.66. The zero-order valence-corrected chi connectivity index (χ0v) is 14.5. The van der Waals surface area contributed by atoms with Crippen molar-refractivity contribution in [2.45, 2.75) is 45.1 Å². The summed E-state index contributed by atoms with van der Waals surface area (Å²) in [6, 6.07) is 8.20. The summed E-state index contributed by atoms with van der Waals surface area (Å²) < 4.78 is 11.2. The summed E-state index contributed by atoms with van der Waals surface area (Å²) in [7, 11) is 0. The highest BCUT2D eigenvalue weighted by Gasteiger charge is 2.14. The Kier molecular flexibility index (Phi) is 7.86. The first-order valence-corrected chi connectivity index (χ1v) is 8.86. The average Bonchev–Trinajstić information content (AvgIpc) is 2.56. The van der Waals surface area contributed by atoms with Gasteiger partial charge in [-0.15, -0.1) is 0 Å². The lowest BCUT2D eigenvalue weighted by molar-refractivity contribution is 0.00533. The minimum Gasteiger partial charge on any atom is -0.491 e. The standard InChI is InChI=1S/C19H31NO3/c1-16(2)17-6-8-19(9-7-17)23-13-12-22-15-18(21)14-20-10-4-3-5-11-20/h6-9,16,18,21H,3-5,10-15H2,1-2H3/t18-/m0/s1. The molecule has 4 nitrogen and oxygen atoms in total. The molecule has 0 radical (unpaired) electrons. The van der Waals surface area contributed by atoms with Gasteiger partial charge < -0.3 is 19.5 Å². The second kappa shape index (κ2) is 9.91. The third-order valence-corrected chi connectivity index (χ3v) is 4.27. The molecule has 0 saturated carbocycles. The van der Waals surface area contributed by atoms with Gasteiger partial charge in [0, 0.05) is 6.54 Å². The van der Waals surface area contributed by atoms with Gasteiger partial charge in [-0.1, -0.05) is 32.4 Å². The van der Waals surface area contributed by atoms with Gasteiger partial charge in [-0.3, -0.25) is 0 Å². The van der Waals surface area contributed by atoms with Crippen molar-refractivity contribution >= 4 is 0 Å². The predicted octanol–water partition coefficient (Wildman–Crippen LogP) is 3.05. The fourth-order valence-corrected chi connectivity index (χ4v) is 2.88. The van der Waals surface area contributed by atoms with E-state index in [0.717, 1.165) is 25.4 Å². The van der Waals surface area contributed by atoms with Crippen LogP contribution in [0, 0.1) is 0 Å². The van der Waals surface area contributed by atoms with Crippen molar-refractivity contribution < 1.29 is 14.6 Å². The Morgan fingerprint density at radius 1 is 1.04 bits per heavy atom. The summed E-state index contributed by atoms with van der Waals surface area (Å²) in [6.45, 7) is 8.68. The van der Waals surface area contributed by atoms with Crippen molar-refractivity contribution in [1.29, 1.82) is 0 Å². The molecule has 1 aromatic rings. The molecule has 1 saturated heterocycles. The first-order valence-electron chi connectivity index (χ1n) is 8.86. The number of piperidine rings is 1. The lowest BCUT2D eigenvalue weighted by Gasteiger charge is -2.28. The highest BCUT2D eigenvalue weighted by Crippen LogP contribution is 2.18. The maximum absolute atomic E-state index is 9.99. The Hall–Kier alpha value is -1.10. The Morgan fingerprint density at radius 3 is 2.39 bits per heavy atom. The molecule has 1 N–H and O–H groups in total. The van der Waals surface area contributed by atoms with E-state index in [0.29, 0.717) is 25.7 Å². The van der Waals surface area contributed by atoms with E-state index < -0.39 is 6.10 Å². The second-order valence-corrected chi connectivity index (χ2v) is 6.66. The molecule has 130 valence electrons. The topological polar surface area (TPSA) is 41.9 Å². The molecule has 1 aromatic carbocycles. The number of rotatable bonds is 9. The van der Waals surface area contributed by atoms with E-state index in [9.17, 15) is 5.11 Å². The molecule has 1 atom stereocenters. The van der Waals surface area contributed by atoms with Crippen LogP contribution in [0.15, 0.2) is 24.3 Å². The summed E-state index contributed by atoms with van der Waals surface area (Å²) in [4.78, 5) is 2.32. The van der Waals surface area contributed by atoms with E-state index in [1.165, 1.54) is 24.8 Å². The van der Waals surface area contributed by atoms with Crippen LogP contribution < -0.4 is 4.74 Å². The molecule has 0 amide bonds. The Morgan fingerprint density at radius 2 is 1.74 bits per heavy atom. The smallest absolute Gasteiger partial charge is 0.119 e. The van der Waals surface area contributed by atoms with Gasteiger partial charge in [0.1, 0.15) is 12.4 Å². The van der Waals surface area contributed by atoms with Crippen molar-refractivity contribution in [3.05, 3.63) is 29.8 Å². The molecule has 1 aliphatic heterocycles. The van der Waals surface area contributed by atoms with Gasteiger partial charge in [0.05, 0.1) is 19.3 Å². The third kappa shape index (κ3) is 6.90. The summed E-state index contributed by atoms with van der Waals surface area (Å²) in [6.07, 6.45) is 3.41. The highest BCUT2D eigenvalue weighted by atomic mass is 16.5. The summed E-state index contributed by atoms with van der Waals surface area (Å²) in [5, 5.41) is 9.99. The van der Waals surface area contributed by atoms with Crippen LogP contribution in [0.2, 0.25) is 0 Å². The fraction of sp³-hybridized carbons (Fsp3) is 0.684. The molecular formula is C19H31NO3. The zero-order chi connectivity index (χ0) is 16.5. The SMILES string of the molecule is CC(C)c1ccc(OCCOC[C@@H](O)CN2CCCCC2)cc1. The van der Waals surface area contributed by atoms with Crippen LogP contribution in [-0.4, -0.2) is 55.6 Å². The number of aliphatic hydroxyl groups is 1. The van der Waals surface area contributed by atoms with E-state index in [-0.39, 0.29) is 0 Å². The van der Waals surface area contributed by atoms with Gasteiger partial charge in [0.25, 0.3) is 0 Å². The maximum Gasteiger partial charge on any atom is 0.119 e. The first-order chi connectivity index (χ1) is 11.1. The number of hydrogen-bond acceptors (Lipinski definition) is 4. The molecule has 0 aromatic heterocycles. The average molecular weight is 321 g/mol. The van der Waals surface area contributed by atoms with Crippen molar-refractivity contribution in [3.8, 4) is 5.75 Å². The first kappa shape index (κ1) is 18.2. The molecule has 1 fully saturated rings. The largest absolute Gasteiger partial charge is 0.491 e. The number of benzene rings is 1. The van der Waals surface area contributed by atoms with E-state index in [1.54, 1.807) is 0 Å². The number of ether oxygens (including phenoxy) is 2. The molecule has 2 rings (SSSR count). The van der Waals surface area contributed by atoms with Crippen molar-refractivity contribution in [2.75, 3.05) is 39.5 Å². The molecule has 0 spiro atoms. The van der Waals surface area contributed by atoms with Gasteiger partial charge in [-0.05, 0) is 49.5 Å². The number of likely N-dealkylation sites (tertiary alicyclic amines) is 1. The van der Waals surface area contributed by atoms with Crippen molar-refractivity contribution in [1.82, 2.24) is 4.90 Å². The maximum atomic E-state index is 9.99. The number of aliphatic hydroxyl groups excluding tert-OH is 1. The van der Waals surface area contributed by atoms with E-state index >= 15 is 0 Å². The van der Waals surface area contributed by atoms with Gasteiger partial charge in [0.2, 0.25) is 0 Å². The minimum absolute atomic E-state index is 0.381. The van der Waals surface area contributed by atoms with E-state index in [4.69, 9.17) is 9.47 Å². The van der Waals surface area contributed by atoms with Crippen LogP contribution in [0.25, 0.3) is 0 Å². The molecule has 1 aliphatic rings. The molecular weight excluding hydrogens is 290 g/mol. The van der Waals surface area contributed by atoms with Gasteiger partial charge >= 0.3 is 0 Å². The molecule has 0 aliphatic carbocycles. The lowest BCUT2D eigenvalue weighted by Crippen LogP contribution is -2.38. The van der Waals surface area contributed by atoms with Crippen LogP contribution in [0.3, 0.4) is 0 Å². The van der Waals surface area contributed by atoms with Gasteiger partial charge in [-0.2, -0.15) is 0 Å². The zero-order valence-electron chi connectivity index (χ0n) is 14.5. The highest BCUT2D eigenvalue weighted by molar-refractivity contribution is 5.28. The summed E-state index contributed by atoms with van der Waals surface area (Å²) >= 11 is 0. The molecule has 0 bridgehead atoms. The van der Waals surface area contributed by atoms with Crippen molar-refractivity contribution in [2.24, 2.45) is 0 Å². The molecule has 23 heavy (non-hydrogen) atoms. The predicted molar refractivity (Wildman–Crippen MR) is 93.1 cm³/mol. The Labute approximate surface area is 140 Å². The Bertz CT molecular complexity index is 427. The van der Waals surface area contributed by atoms with Crippen LogP contribution in [0.1, 0.15) is 44.6 Å². The van der Waals surface area contributed by atoms with E-state index in [2.05, 4.69) is 30.9 Å². The van der Waals surface area contributed by atoms with Crippen LogP contribution in [0.5, 0.6) is 5.75 Å². The summed E-state index contributed by atoms with van der Waals surface area (Å²) in [5.41, 5.74) is 1.31. The normalized spacial score (nSPS) is 17.4. The third-order valence-electron chi connectivity index (χ3n) is 4.27. The number of hydrogen-bond donors (Lipinski definition) is 1. The van der Waals surface area contributed by atoms with Gasteiger partial charge in [0.15, 0.2) is 0 Å². The van der Waals surface area contributed by atoms with E-state index in [1.807, 2.05) is 12.1 Å². The Balaban J connectivity index is 1.54. The lowest BCUT2D eigenvalue weighted by atomic mass is 10.0. The van der Waals surface area contributed by atoms with Crippen molar-refractivity contribution in [3.63, 3.8) is 0 Å². The minimum atomic E-state index is -0.404. The molecule has 1 heterocycles. The quantitative estimate of drug-likeness (QED) is 0.710. The number of nitrogens with zero attached hydrogens (tertiary/aromatic N) is 1. The molecule has 4 heteroatoms. The van der Waals surface area contributed by atoms with Crippen LogP contribution in [-0.2, 0) is 4.74 Å². The monoisotopic (exact) mass is 321 g/mol. The van der Waals surface area contributed by atoms with Gasteiger partial charge in [-0.25, -0.2) is 0 Å². The van der Waals surface area contributed by atoms with Crippen LogP contribution in [0.4, 0.5) is 0 Å². The fourth-order valence-electron chi connectivity index (χ4n) is 2.88. The summed E-state index contributed by atoms with van der Waals surface area (Å²) in [5.74, 6) is 1.40. The van der Waals surface area contributed by atoms with Crippen LogP contribution >= 0.6 is 0 Å². The number of β-amino-alcohol motifs (C(OH)–C–C–N with tert-alkyl or cyclic N) is 1.